The normalized spacial score (nSPS) is 17.5. The Morgan fingerprint density at radius 3 is 2.86 bits per heavy atom. The van der Waals surface area contributed by atoms with Crippen LogP contribution in [0.1, 0.15) is 30.5 Å². The second kappa shape index (κ2) is 6.09. The molecule has 0 saturated carbocycles. The molecule has 1 aliphatic heterocycles. The Bertz CT molecular complexity index is 670. The number of likely N-dealkylation sites (tertiary alicyclic amines) is 1. The topological polar surface area (TPSA) is 71.0 Å². The van der Waals surface area contributed by atoms with Gasteiger partial charge in [0.2, 0.25) is 11.9 Å². The van der Waals surface area contributed by atoms with E-state index in [-0.39, 0.29) is 11.8 Å². The lowest BCUT2D eigenvalue weighted by atomic mass is 10.1. The maximum absolute atomic E-state index is 11.4. The number of pyridine rings is 1. The molecular formula is C16H19N5O. The smallest absolute Gasteiger partial charge is 0.228 e. The lowest BCUT2D eigenvalue weighted by Gasteiger charge is -2.14. The molecule has 1 atom stereocenters. The van der Waals surface area contributed by atoms with Crippen LogP contribution in [0.3, 0.4) is 0 Å². The molecule has 0 spiro atoms. The number of nitrogens with one attached hydrogen (secondary N) is 1. The summed E-state index contributed by atoms with van der Waals surface area (Å²) < 4.78 is 0. The first-order valence-electron chi connectivity index (χ1n) is 7.40. The van der Waals surface area contributed by atoms with Crippen LogP contribution in [-0.4, -0.2) is 38.8 Å². The summed E-state index contributed by atoms with van der Waals surface area (Å²) in [7, 11) is 0. The van der Waals surface area contributed by atoms with E-state index in [4.69, 9.17) is 0 Å². The second-order valence-electron chi connectivity index (χ2n) is 5.60. The first-order valence-corrected chi connectivity index (χ1v) is 7.40. The van der Waals surface area contributed by atoms with E-state index < -0.39 is 0 Å². The van der Waals surface area contributed by atoms with Crippen molar-refractivity contribution in [2.24, 2.45) is 0 Å². The van der Waals surface area contributed by atoms with Gasteiger partial charge in [0.05, 0.1) is 5.69 Å². The van der Waals surface area contributed by atoms with Crippen molar-refractivity contribution in [3.63, 3.8) is 0 Å². The Kier molecular flexibility index (Phi) is 4.00. The van der Waals surface area contributed by atoms with Crippen molar-refractivity contribution in [3.8, 4) is 0 Å². The number of aryl methyl sites for hydroxylation is 1. The molecule has 1 fully saturated rings. The molecule has 1 saturated heterocycles. The average Bonchev–Trinajstić information content (AvgIpc) is 3.00. The van der Waals surface area contributed by atoms with Crippen molar-refractivity contribution in [2.45, 2.75) is 26.2 Å². The molecule has 1 amide bonds. The molecule has 6 heteroatoms. The molecule has 0 aliphatic carbocycles. The maximum atomic E-state index is 11.4. The number of amides is 1. The molecular weight excluding hydrogens is 278 g/mol. The highest BCUT2D eigenvalue weighted by Crippen LogP contribution is 2.26. The van der Waals surface area contributed by atoms with E-state index in [9.17, 15) is 4.79 Å². The van der Waals surface area contributed by atoms with Crippen molar-refractivity contribution in [3.05, 3.63) is 41.9 Å². The van der Waals surface area contributed by atoms with E-state index in [1.807, 2.05) is 30.0 Å². The maximum Gasteiger partial charge on any atom is 0.228 e. The minimum absolute atomic E-state index is 0.124. The van der Waals surface area contributed by atoms with Gasteiger partial charge in [0.15, 0.2) is 0 Å². The molecule has 0 radical (unpaired) electrons. The van der Waals surface area contributed by atoms with Crippen LogP contribution in [0, 0.1) is 6.92 Å². The summed E-state index contributed by atoms with van der Waals surface area (Å²) in [5, 5.41) is 3.12. The van der Waals surface area contributed by atoms with Gasteiger partial charge in [0, 0.05) is 38.3 Å². The van der Waals surface area contributed by atoms with Crippen LogP contribution in [-0.2, 0) is 4.79 Å². The third kappa shape index (κ3) is 3.21. The zero-order chi connectivity index (χ0) is 15.5. The fourth-order valence-electron chi connectivity index (χ4n) is 2.60. The number of nitrogens with zero attached hydrogens (tertiary/aromatic N) is 4. The standard InChI is InChI=1S/C16H19N5O/c1-11-3-4-15(18-9-11)20-16-17-7-5-14(19-16)13-6-8-21(10-13)12(2)22/h3-5,7,9,13H,6,8,10H2,1-2H3,(H,17,18,19,20). The number of hydrogen-bond donors (Lipinski definition) is 1. The van der Waals surface area contributed by atoms with Crippen LogP contribution in [0.15, 0.2) is 30.6 Å². The first kappa shape index (κ1) is 14.4. The Morgan fingerprint density at radius 1 is 1.32 bits per heavy atom. The van der Waals surface area contributed by atoms with E-state index in [1.54, 1.807) is 19.3 Å². The molecule has 2 aromatic rings. The summed E-state index contributed by atoms with van der Waals surface area (Å²) in [6.07, 6.45) is 4.49. The van der Waals surface area contributed by atoms with Gasteiger partial charge in [-0.05, 0) is 31.0 Å². The number of anilines is 2. The molecule has 22 heavy (non-hydrogen) atoms. The molecule has 114 valence electrons. The van der Waals surface area contributed by atoms with Crippen LogP contribution < -0.4 is 5.32 Å². The second-order valence-corrected chi connectivity index (χ2v) is 5.60. The molecule has 0 bridgehead atoms. The summed E-state index contributed by atoms with van der Waals surface area (Å²) in [6, 6.07) is 5.81. The van der Waals surface area contributed by atoms with Gasteiger partial charge in [-0.3, -0.25) is 4.79 Å². The van der Waals surface area contributed by atoms with E-state index in [1.165, 1.54) is 0 Å². The average molecular weight is 297 g/mol. The number of rotatable bonds is 3. The minimum Gasteiger partial charge on any atom is -0.342 e. The van der Waals surface area contributed by atoms with Crippen LogP contribution in [0.4, 0.5) is 11.8 Å². The van der Waals surface area contributed by atoms with Crippen molar-refractivity contribution < 1.29 is 4.79 Å². The highest BCUT2D eigenvalue weighted by Gasteiger charge is 2.26. The van der Waals surface area contributed by atoms with Gasteiger partial charge in [-0.2, -0.15) is 0 Å². The zero-order valence-electron chi connectivity index (χ0n) is 12.8. The van der Waals surface area contributed by atoms with Crippen molar-refractivity contribution in [1.29, 1.82) is 0 Å². The van der Waals surface area contributed by atoms with Gasteiger partial charge >= 0.3 is 0 Å². The highest BCUT2D eigenvalue weighted by molar-refractivity contribution is 5.73. The first-order chi connectivity index (χ1) is 10.6. The monoisotopic (exact) mass is 297 g/mol. The molecule has 2 aromatic heterocycles. The minimum atomic E-state index is 0.124. The Balaban J connectivity index is 1.73. The van der Waals surface area contributed by atoms with E-state index in [2.05, 4.69) is 20.3 Å². The Morgan fingerprint density at radius 2 is 2.18 bits per heavy atom. The third-order valence-electron chi connectivity index (χ3n) is 3.88. The summed E-state index contributed by atoms with van der Waals surface area (Å²) >= 11 is 0. The Labute approximate surface area is 129 Å². The van der Waals surface area contributed by atoms with Crippen LogP contribution in [0.5, 0.6) is 0 Å². The molecule has 3 rings (SSSR count). The molecule has 6 nitrogen and oxygen atoms in total. The fourth-order valence-corrected chi connectivity index (χ4v) is 2.60. The lowest BCUT2D eigenvalue weighted by molar-refractivity contribution is -0.127. The Hall–Kier alpha value is -2.50. The predicted molar refractivity (Wildman–Crippen MR) is 83.9 cm³/mol. The van der Waals surface area contributed by atoms with Gasteiger partial charge in [0.1, 0.15) is 5.82 Å². The van der Waals surface area contributed by atoms with Gasteiger partial charge in [-0.15, -0.1) is 0 Å². The van der Waals surface area contributed by atoms with E-state index >= 15 is 0 Å². The van der Waals surface area contributed by atoms with Crippen molar-refractivity contribution in [2.75, 3.05) is 18.4 Å². The van der Waals surface area contributed by atoms with Gasteiger partial charge in [-0.1, -0.05) is 6.07 Å². The fraction of sp³-hybridized carbons (Fsp3) is 0.375. The van der Waals surface area contributed by atoms with Crippen LogP contribution in [0.25, 0.3) is 0 Å². The summed E-state index contributed by atoms with van der Waals surface area (Å²) in [6.45, 7) is 5.13. The molecule has 1 aliphatic rings. The number of aromatic nitrogens is 3. The van der Waals surface area contributed by atoms with E-state index in [0.717, 1.165) is 36.6 Å². The molecule has 1 unspecified atom stereocenters. The number of carbonyl (C=O) groups is 1. The summed E-state index contributed by atoms with van der Waals surface area (Å²) in [5.41, 5.74) is 2.07. The van der Waals surface area contributed by atoms with Gasteiger partial charge in [0.25, 0.3) is 0 Å². The third-order valence-corrected chi connectivity index (χ3v) is 3.88. The van der Waals surface area contributed by atoms with Gasteiger partial charge < -0.3 is 10.2 Å². The lowest BCUT2D eigenvalue weighted by Crippen LogP contribution is -2.25. The highest BCUT2D eigenvalue weighted by atomic mass is 16.2. The van der Waals surface area contributed by atoms with Crippen LogP contribution >= 0.6 is 0 Å². The molecule has 3 heterocycles. The molecule has 1 N–H and O–H groups in total. The zero-order valence-corrected chi connectivity index (χ0v) is 12.8. The predicted octanol–water partition coefficient (Wildman–Crippen LogP) is 2.26. The van der Waals surface area contributed by atoms with Crippen molar-refractivity contribution >= 4 is 17.7 Å². The summed E-state index contributed by atoms with van der Waals surface area (Å²) in [4.78, 5) is 26.4. The van der Waals surface area contributed by atoms with E-state index in [0.29, 0.717) is 5.95 Å². The van der Waals surface area contributed by atoms with Gasteiger partial charge in [-0.25, -0.2) is 15.0 Å². The quantitative estimate of drug-likeness (QED) is 0.941. The van der Waals surface area contributed by atoms with Crippen LogP contribution in [0.2, 0.25) is 0 Å². The largest absolute Gasteiger partial charge is 0.342 e. The summed E-state index contributed by atoms with van der Waals surface area (Å²) in [5.74, 6) is 1.66. The SMILES string of the molecule is CC(=O)N1CCC(c2ccnc(Nc3ccc(C)cn3)n2)C1. The van der Waals surface area contributed by atoms with Crippen molar-refractivity contribution in [1.82, 2.24) is 19.9 Å². The number of hydrogen-bond acceptors (Lipinski definition) is 5. The molecule has 0 aromatic carbocycles. The number of carbonyl (C=O) groups excluding carboxylic acids is 1.